The van der Waals surface area contributed by atoms with Gasteiger partial charge >= 0.3 is 0 Å². The lowest BCUT2D eigenvalue weighted by atomic mass is 9.95. The molecule has 136 valence electrons. The second kappa shape index (κ2) is 8.75. The molecular weight excluding hydrogens is 332 g/mol. The van der Waals surface area contributed by atoms with Gasteiger partial charge in [0.15, 0.2) is 0 Å². The molecule has 2 fully saturated rings. The molecular formula is C20H28N2O2S. The molecule has 0 aromatic heterocycles. The van der Waals surface area contributed by atoms with Crippen molar-refractivity contribution in [2.75, 3.05) is 5.75 Å². The first-order valence-corrected chi connectivity index (χ1v) is 10.5. The molecule has 0 spiro atoms. The molecule has 2 unspecified atom stereocenters. The van der Waals surface area contributed by atoms with Crippen molar-refractivity contribution in [3.63, 3.8) is 0 Å². The number of carbonyl (C=O) groups is 2. The molecule has 0 bridgehead atoms. The fourth-order valence-electron chi connectivity index (χ4n) is 3.78. The molecule has 1 saturated carbocycles. The highest BCUT2D eigenvalue weighted by Gasteiger charge is 2.41. The molecule has 1 aliphatic heterocycles. The maximum absolute atomic E-state index is 13.1. The van der Waals surface area contributed by atoms with Gasteiger partial charge in [0.2, 0.25) is 5.91 Å². The van der Waals surface area contributed by atoms with Crippen LogP contribution in [0.5, 0.6) is 0 Å². The van der Waals surface area contributed by atoms with Crippen molar-refractivity contribution < 1.29 is 9.59 Å². The Morgan fingerprint density at radius 1 is 1.16 bits per heavy atom. The Morgan fingerprint density at radius 2 is 1.88 bits per heavy atom. The summed E-state index contributed by atoms with van der Waals surface area (Å²) in [6, 6.07) is 9.27. The molecule has 25 heavy (non-hydrogen) atoms. The Bertz CT molecular complexity index is 587. The average Bonchev–Trinajstić information content (AvgIpc) is 3.07. The topological polar surface area (TPSA) is 49.4 Å². The van der Waals surface area contributed by atoms with Crippen LogP contribution in [-0.2, 0) is 4.79 Å². The summed E-state index contributed by atoms with van der Waals surface area (Å²) in [6.45, 7) is 2.13. The van der Waals surface area contributed by atoms with E-state index in [9.17, 15) is 9.59 Å². The predicted molar refractivity (Wildman–Crippen MR) is 103 cm³/mol. The van der Waals surface area contributed by atoms with Gasteiger partial charge in [-0.2, -0.15) is 0 Å². The Kier molecular flexibility index (Phi) is 6.40. The number of nitrogens with zero attached hydrogens (tertiary/aromatic N) is 1. The molecule has 1 aromatic rings. The zero-order valence-electron chi connectivity index (χ0n) is 14.9. The van der Waals surface area contributed by atoms with Crippen molar-refractivity contribution in [3.05, 3.63) is 35.9 Å². The van der Waals surface area contributed by atoms with E-state index >= 15 is 0 Å². The molecule has 4 nitrogen and oxygen atoms in total. The molecule has 5 heteroatoms. The highest BCUT2D eigenvalue weighted by molar-refractivity contribution is 8.00. The van der Waals surface area contributed by atoms with Crippen LogP contribution in [0.3, 0.4) is 0 Å². The number of rotatable bonds is 5. The van der Waals surface area contributed by atoms with Gasteiger partial charge in [0.05, 0.1) is 5.37 Å². The lowest BCUT2D eigenvalue weighted by Gasteiger charge is -2.31. The summed E-state index contributed by atoms with van der Waals surface area (Å²) in [7, 11) is 0. The highest BCUT2D eigenvalue weighted by atomic mass is 32.2. The number of hydrogen-bond acceptors (Lipinski definition) is 3. The molecule has 1 aromatic carbocycles. The van der Waals surface area contributed by atoms with E-state index in [1.807, 2.05) is 35.2 Å². The second-order valence-corrected chi connectivity index (χ2v) is 8.23. The lowest BCUT2D eigenvalue weighted by molar-refractivity contribution is -0.125. The fraction of sp³-hybridized carbons (Fsp3) is 0.600. The fourth-order valence-corrected chi connectivity index (χ4v) is 5.30. The summed E-state index contributed by atoms with van der Waals surface area (Å²) in [6.07, 6.45) is 7.71. The number of amides is 2. The first kappa shape index (κ1) is 18.3. The number of thioether (sulfide) groups is 1. The van der Waals surface area contributed by atoms with E-state index in [0.29, 0.717) is 11.3 Å². The van der Waals surface area contributed by atoms with Crippen molar-refractivity contribution >= 4 is 23.6 Å². The third-order valence-corrected chi connectivity index (χ3v) is 6.49. The van der Waals surface area contributed by atoms with Crippen LogP contribution >= 0.6 is 11.8 Å². The van der Waals surface area contributed by atoms with Gasteiger partial charge in [-0.25, -0.2) is 0 Å². The Labute approximate surface area is 154 Å². The van der Waals surface area contributed by atoms with Crippen LogP contribution in [0.2, 0.25) is 0 Å². The van der Waals surface area contributed by atoms with Gasteiger partial charge in [-0.3, -0.25) is 9.59 Å². The summed E-state index contributed by atoms with van der Waals surface area (Å²) in [4.78, 5) is 27.8. The zero-order valence-corrected chi connectivity index (χ0v) is 15.8. The van der Waals surface area contributed by atoms with Crippen molar-refractivity contribution in [2.45, 2.75) is 69.3 Å². The Balaban J connectivity index is 1.74. The lowest BCUT2D eigenvalue weighted by Crippen LogP contribution is -2.52. The molecule has 2 aliphatic rings. The number of carbonyl (C=O) groups excluding carboxylic acids is 2. The molecule has 2 amide bonds. The molecule has 1 saturated heterocycles. The molecule has 3 rings (SSSR count). The van der Waals surface area contributed by atoms with Gasteiger partial charge in [-0.1, -0.05) is 50.8 Å². The van der Waals surface area contributed by atoms with E-state index < -0.39 is 0 Å². The van der Waals surface area contributed by atoms with Crippen LogP contribution in [0, 0.1) is 0 Å². The van der Waals surface area contributed by atoms with Gasteiger partial charge in [-0.15, -0.1) is 11.8 Å². The second-order valence-electron chi connectivity index (χ2n) is 7.01. The smallest absolute Gasteiger partial charge is 0.255 e. The third-order valence-electron chi connectivity index (χ3n) is 5.14. The quantitative estimate of drug-likeness (QED) is 0.868. The van der Waals surface area contributed by atoms with Crippen molar-refractivity contribution in [1.29, 1.82) is 0 Å². The summed E-state index contributed by atoms with van der Waals surface area (Å²) >= 11 is 1.74. The normalized spacial score (nSPS) is 24.3. The van der Waals surface area contributed by atoms with E-state index in [-0.39, 0.29) is 29.3 Å². The predicted octanol–water partition coefficient (Wildman–Crippen LogP) is 3.82. The Hall–Kier alpha value is -1.49. The van der Waals surface area contributed by atoms with E-state index in [0.717, 1.165) is 25.7 Å². The third kappa shape index (κ3) is 4.38. The highest BCUT2D eigenvalue weighted by Crippen LogP contribution is 2.34. The minimum Gasteiger partial charge on any atom is -0.352 e. The van der Waals surface area contributed by atoms with E-state index in [1.54, 1.807) is 11.8 Å². The molecule has 0 radical (unpaired) electrons. The minimum absolute atomic E-state index is 0.0205. The average molecular weight is 361 g/mol. The zero-order chi connectivity index (χ0) is 17.6. The number of hydrogen-bond donors (Lipinski definition) is 1. The standard InChI is InChI=1S/C20H28N2O2S/c1-2-9-18-22(20(24)15-10-5-3-6-11-15)17(14-25-18)19(23)21-16-12-7-4-8-13-16/h3,5-6,10-11,16-18H,2,4,7-9,12-14H2,1H3,(H,21,23). The van der Waals surface area contributed by atoms with Crippen LogP contribution in [-0.4, -0.2) is 39.9 Å². The van der Waals surface area contributed by atoms with Gasteiger partial charge in [0.25, 0.3) is 5.91 Å². The van der Waals surface area contributed by atoms with Crippen molar-refractivity contribution in [3.8, 4) is 0 Å². The van der Waals surface area contributed by atoms with Crippen LogP contribution in [0.25, 0.3) is 0 Å². The summed E-state index contributed by atoms with van der Waals surface area (Å²) in [5.41, 5.74) is 0.668. The van der Waals surface area contributed by atoms with E-state index in [4.69, 9.17) is 0 Å². The van der Waals surface area contributed by atoms with Gasteiger partial charge < -0.3 is 10.2 Å². The van der Waals surface area contributed by atoms with E-state index in [2.05, 4.69) is 12.2 Å². The van der Waals surface area contributed by atoms with Crippen LogP contribution in [0.15, 0.2) is 30.3 Å². The van der Waals surface area contributed by atoms with Gasteiger partial charge in [-0.05, 0) is 31.4 Å². The first-order chi connectivity index (χ1) is 12.2. The van der Waals surface area contributed by atoms with Crippen LogP contribution in [0.4, 0.5) is 0 Å². The van der Waals surface area contributed by atoms with Crippen molar-refractivity contribution in [1.82, 2.24) is 10.2 Å². The monoisotopic (exact) mass is 360 g/mol. The molecule has 1 heterocycles. The summed E-state index contributed by atoms with van der Waals surface area (Å²) in [5, 5.41) is 3.31. The molecule has 1 aliphatic carbocycles. The number of nitrogens with one attached hydrogen (secondary N) is 1. The number of benzene rings is 1. The molecule has 1 N–H and O–H groups in total. The van der Waals surface area contributed by atoms with Crippen LogP contribution in [0.1, 0.15) is 62.2 Å². The SMILES string of the molecule is CCCC1SCC(C(=O)NC2CCCCC2)N1C(=O)c1ccccc1. The van der Waals surface area contributed by atoms with Gasteiger partial charge in [0, 0.05) is 17.4 Å². The molecule has 2 atom stereocenters. The van der Waals surface area contributed by atoms with Crippen molar-refractivity contribution in [2.24, 2.45) is 0 Å². The van der Waals surface area contributed by atoms with Gasteiger partial charge in [0.1, 0.15) is 6.04 Å². The Morgan fingerprint density at radius 3 is 2.56 bits per heavy atom. The maximum atomic E-state index is 13.1. The summed E-state index contributed by atoms with van der Waals surface area (Å²) < 4.78 is 0. The maximum Gasteiger partial charge on any atom is 0.255 e. The summed E-state index contributed by atoms with van der Waals surface area (Å²) in [5.74, 6) is 0.706. The van der Waals surface area contributed by atoms with Crippen LogP contribution < -0.4 is 5.32 Å². The van der Waals surface area contributed by atoms with E-state index in [1.165, 1.54) is 19.3 Å². The minimum atomic E-state index is -0.351. The largest absolute Gasteiger partial charge is 0.352 e. The first-order valence-electron chi connectivity index (χ1n) is 9.50.